The van der Waals surface area contributed by atoms with Crippen molar-refractivity contribution < 1.29 is 8.76 Å². The fraction of sp³-hybridized carbons (Fsp3) is 0.538. The van der Waals surface area contributed by atoms with Crippen molar-refractivity contribution in [1.29, 1.82) is 0 Å². The zero-order valence-corrected chi connectivity index (χ0v) is 11.5. The van der Waals surface area contributed by atoms with Gasteiger partial charge in [-0.05, 0) is 24.1 Å². The molecule has 0 aliphatic carbocycles. The molecule has 1 aliphatic heterocycles. The van der Waals surface area contributed by atoms with Crippen LogP contribution in [0.1, 0.15) is 18.9 Å². The molecule has 1 aromatic carbocycles. The largest absolute Gasteiger partial charge is 0.368 e. The third-order valence-electron chi connectivity index (χ3n) is 3.21. The fourth-order valence-electron chi connectivity index (χ4n) is 2.31. The highest BCUT2D eigenvalue weighted by atomic mass is 32.2. The standard InChI is InChI=1S/C13H20N2O2S/c1-2-3-11-4-5-12(13(10-11)18(16)17)15-8-6-14-7-9-15/h4-5,10,14H,2-3,6-9H2,1H3,(H,16,17). The number of anilines is 1. The van der Waals surface area contributed by atoms with Gasteiger partial charge in [-0.1, -0.05) is 19.4 Å². The minimum Gasteiger partial charge on any atom is -0.368 e. The topological polar surface area (TPSA) is 52.6 Å². The van der Waals surface area contributed by atoms with Crippen LogP contribution in [0.4, 0.5) is 5.69 Å². The number of rotatable bonds is 4. The number of hydrogen-bond acceptors (Lipinski definition) is 3. The molecular formula is C13H20N2O2S. The van der Waals surface area contributed by atoms with E-state index < -0.39 is 11.1 Å². The van der Waals surface area contributed by atoms with E-state index in [1.807, 2.05) is 12.1 Å². The summed E-state index contributed by atoms with van der Waals surface area (Å²) in [5.74, 6) is 0. The zero-order chi connectivity index (χ0) is 13.0. The molecule has 1 heterocycles. The maximum atomic E-state index is 11.5. The van der Waals surface area contributed by atoms with E-state index in [0.29, 0.717) is 4.90 Å². The molecule has 1 atom stereocenters. The summed E-state index contributed by atoms with van der Waals surface area (Å²) in [7, 11) is 0. The molecular weight excluding hydrogens is 248 g/mol. The Labute approximate surface area is 111 Å². The van der Waals surface area contributed by atoms with Crippen molar-refractivity contribution in [3.8, 4) is 0 Å². The molecule has 1 aliphatic rings. The first-order valence-corrected chi connectivity index (χ1v) is 7.52. The van der Waals surface area contributed by atoms with Crippen LogP contribution >= 0.6 is 0 Å². The molecule has 0 spiro atoms. The lowest BCUT2D eigenvalue weighted by molar-refractivity contribution is 0.559. The van der Waals surface area contributed by atoms with Crippen molar-refractivity contribution in [3.05, 3.63) is 23.8 Å². The monoisotopic (exact) mass is 268 g/mol. The van der Waals surface area contributed by atoms with Gasteiger partial charge in [-0.25, -0.2) is 4.21 Å². The van der Waals surface area contributed by atoms with Gasteiger partial charge in [0.15, 0.2) is 11.1 Å². The molecule has 1 fully saturated rings. The SMILES string of the molecule is CCCc1ccc(N2CCNCC2)c(S(=O)O)c1. The lowest BCUT2D eigenvalue weighted by atomic mass is 10.1. The molecule has 0 saturated carbocycles. The first-order chi connectivity index (χ1) is 8.72. The number of hydrogen-bond donors (Lipinski definition) is 2. The molecule has 2 rings (SSSR count). The third-order valence-corrected chi connectivity index (χ3v) is 3.91. The lowest BCUT2D eigenvalue weighted by Gasteiger charge is -2.30. The van der Waals surface area contributed by atoms with Crippen LogP contribution in [0.15, 0.2) is 23.1 Å². The van der Waals surface area contributed by atoms with Crippen molar-refractivity contribution in [2.24, 2.45) is 0 Å². The summed E-state index contributed by atoms with van der Waals surface area (Å²) in [4.78, 5) is 2.72. The first kappa shape index (κ1) is 13.5. The van der Waals surface area contributed by atoms with E-state index in [1.54, 1.807) is 0 Å². The van der Waals surface area contributed by atoms with Gasteiger partial charge < -0.3 is 14.8 Å². The number of benzene rings is 1. The van der Waals surface area contributed by atoms with Crippen LogP contribution in [0.2, 0.25) is 0 Å². The van der Waals surface area contributed by atoms with Crippen molar-refractivity contribution in [3.63, 3.8) is 0 Å². The number of piperazine rings is 1. The molecule has 1 saturated heterocycles. The van der Waals surface area contributed by atoms with Crippen molar-refractivity contribution in [2.45, 2.75) is 24.7 Å². The van der Waals surface area contributed by atoms with Crippen molar-refractivity contribution in [2.75, 3.05) is 31.1 Å². The van der Waals surface area contributed by atoms with Crippen LogP contribution in [0.5, 0.6) is 0 Å². The molecule has 1 unspecified atom stereocenters. The Morgan fingerprint density at radius 3 is 2.72 bits per heavy atom. The number of aryl methyl sites for hydroxylation is 1. The van der Waals surface area contributed by atoms with Gasteiger partial charge in [0.2, 0.25) is 0 Å². The van der Waals surface area contributed by atoms with Gasteiger partial charge in [-0.2, -0.15) is 0 Å². The number of nitrogens with one attached hydrogen (secondary N) is 1. The fourth-order valence-corrected chi connectivity index (χ4v) is 2.94. The summed E-state index contributed by atoms with van der Waals surface area (Å²) >= 11 is -1.92. The van der Waals surface area contributed by atoms with Gasteiger partial charge >= 0.3 is 0 Å². The average Bonchev–Trinajstić information content (AvgIpc) is 2.40. The van der Waals surface area contributed by atoms with Gasteiger partial charge in [0.1, 0.15) is 0 Å². The molecule has 100 valence electrons. The maximum Gasteiger partial charge on any atom is 0.188 e. The summed E-state index contributed by atoms with van der Waals surface area (Å²) in [5, 5.41) is 3.28. The Hall–Kier alpha value is -0.910. The number of nitrogens with zero attached hydrogens (tertiary/aromatic N) is 1. The van der Waals surface area contributed by atoms with Crippen LogP contribution in [-0.2, 0) is 17.5 Å². The van der Waals surface area contributed by atoms with Gasteiger partial charge in [0.05, 0.1) is 10.6 Å². The molecule has 18 heavy (non-hydrogen) atoms. The highest BCUT2D eigenvalue weighted by Crippen LogP contribution is 2.25. The molecule has 0 amide bonds. The second-order valence-corrected chi connectivity index (χ2v) is 5.48. The van der Waals surface area contributed by atoms with E-state index in [1.165, 1.54) is 0 Å². The molecule has 0 bridgehead atoms. The van der Waals surface area contributed by atoms with Crippen molar-refractivity contribution >= 4 is 16.8 Å². The molecule has 0 radical (unpaired) electrons. The quantitative estimate of drug-likeness (QED) is 0.815. The minimum absolute atomic E-state index is 0.544. The Morgan fingerprint density at radius 2 is 2.11 bits per heavy atom. The normalized spacial score (nSPS) is 17.8. The molecule has 1 aromatic rings. The smallest absolute Gasteiger partial charge is 0.188 e. The predicted octanol–water partition coefficient (Wildman–Crippen LogP) is 1.63. The van der Waals surface area contributed by atoms with E-state index in [9.17, 15) is 8.76 Å². The van der Waals surface area contributed by atoms with E-state index in [2.05, 4.69) is 23.2 Å². The van der Waals surface area contributed by atoms with Gasteiger partial charge in [-0.3, -0.25) is 0 Å². The van der Waals surface area contributed by atoms with Crippen LogP contribution in [0, 0.1) is 0 Å². The molecule has 0 aromatic heterocycles. The Balaban J connectivity index is 2.30. The average molecular weight is 268 g/mol. The molecule has 4 nitrogen and oxygen atoms in total. The minimum atomic E-state index is -1.92. The zero-order valence-electron chi connectivity index (χ0n) is 10.7. The molecule has 2 N–H and O–H groups in total. The van der Waals surface area contributed by atoms with E-state index >= 15 is 0 Å². The Kier molecular flexibility index (Phi) is 4.74. The lowest BCUT2D eigenvalue weighted by Crippen LogP contribution is -2.43. The summed E-state index contributed by atoms with van der Waals surface area (Å²) in [6.07, 6.45) is 2.00. The van der Waals surface area contributed by atoms with Crippen LogP contribution in [0.3, 0.4) is 0 Å². The summed E-state index contributed by atoms with van der Waals surface area (Å²) in [6.45, 7) is 5.73. The van der Waals surface area contributed by atoms with Crippen LogP contribution in [-0.4, -0.2) is 34.9 Å². The summed E-state index contributed by atoms with van der Waals surface area (Å²) < 4.78 is 20.9. The second kappa shape index (κ2) is 6.31. The highest BCUT2D eigenvalue weighted by Gasteiger charge is 2.17. The Bertz CT molecular complexity index is 431. The third kappa shape index (κ3) is 3.10. The van der Waals surface area contributed by atoms with Crippen LogP contribution in [0.25, 0.3) is 0 Å². The van der Waals surface area contributed by atoms with E-state index in [0.717, 1.165) is 50.3 Å². The highest BCUT2D eigenvalue weighted by molar-refractivity contribution is 7.79. The summed E-state index contributed by atoms with van der Waals surface area (Å²) in [6, 6.07) is 5.92. The summed E-state index contributed by atoms with van der Waals surface area (Å²) in [5.41, 5.74) is 2.03. The maximum absolute atomic E-state index is 11.5. The molecule has 5 heteroatoms. The van der Waals surface area contributed by atoms with Crippen molar-refractivity contribution in [1.82, 2.24) is 5.32 Å². The van der Waals surface area contributed by atoms with E-state index in [-0.39, 0.29) is 0 Å². The van der Waals surface area contributed by atoms with Gasteiger partial charge in [0, 0.05) is 26.2 Å². The Morgan fingerprint density at radius 1 is 1.39 bits per heavy atom. The van der Waals surface area contributed by atoms with Crippen LogP contribution < -0.4 is 10.2 Å². The second-order valence-electron chi connectivity index (χ2n) is 4.54. The van der Waals surface area contributed by atoms with Gasteiger partial charge in [0.25, 0.3) is 0 Å². The first-order valence-electron chi connectivity index (χ1n) is 6.42. The predicted molar refractivity (Wildman–Crippen MR) is 74.6 cm³/mol. The van der Waals surface area contributed by atoms with E-state index in [4.69, 9.17) is 0 Å². The van der Waals surface area contributed by atoms with Gasteiger partial charge in [-0.15, -0.1) is 0 Å².